The SMILES string of the molecule is CN(CCOc1ccccc1Br)CC(=O)O. The van der Waals surface area contributed by atoms with Crippen molar-refractivity contribution in [3.05, 3.63) is 28.7 Å². The highest BCUT2D eigenvalue weighted by Gasteiger charge is 2.04. The van der Waals surface area contributed by atoms with Gasteiger partial charge in [-0.3, -0.25) is 9.69 Å². The molecule has 5 heteroatoms. The minimum absolute atomic E-state index is 0.0271. The largest absolute Gasteiger partial charge is 0.491 e. The number of benzene rings is 1. The van der Waals surface area contributed by atoms with Gasteiger partial charge in [0.25, 0.3) is 0 Å². The van der Waals surface area contributed by atoms with E-state index in [-0.39, 0.29) is 6.54 Å². The fourth-order valence-electron chi connectivity index (χ4n) is 1.18. The van der Waals surface area contributed by atoms with E-state index in [1.807, 2.05) is 24.3 Å². The highest BCUT2D eigenvalue weighted by molar-refractivity contribution is 9.10. The van der Waals surface area contributed by atoms with E-state index >= 15 is 0 Å². The molecule has 0 amide bonds. The molecular formula is C11H14BrNO3. The molecule has 16 heavy (non-hydrogen) atoms. The van der Waals surface area contributed by atoms with Gasteiger partial charge in [0.05, 0.1) is 11.0 Å². The van der Waals surface area contributed by atoms with E-state index in [0.29, 0.717) is 13.2 Å². The van der Waals surface area contributed by atoms with Crippen LogP contribution in [0.25, 0.3) is 0 Å². The maximum Gasteiger partial charge on any atom is 0.317 e. The molecule has 88 valence electrons. The number of hydrogen-bond acceptors (Lipinski definition) is 3. The maximum absolute atomic E-state index is 10.4. The molecule has 1 aromatic rings. The van der Waals surface area contributed by atoms with Gasteiger partial charge in [0.1, 0.15) is 12.4 Å². The van der Waals surface area contributed by atoms with Crippen molar-refractivity contribution in [3.63, 3.8) is 0 Å². The van der Waals surface area contributed by atoms with E-state index < -0.39 is 5.97 Å². The lowest BCUT2D eigenvalue weighted by atomic mass is 10.3. The second kappa shape index (κ2) is 6.50. The van der Waals surface area contributed by atoms with Crippen molar-refractivity contribution in [1.82, 2.24) is 4.90 Å². The molecule has 1 N–H and O–H groups in total. The van der Waals surface area contributed by atoms with E-state index in [9.17, 15) is 4.79 Å². The van der Waals surface area contributed by atoms with Gasteiger partial charge in [-0.1, -0.05) is 12.1 Å². The number of hydrogen-bond donors (Lipinski definition) is 1. The lowest BCUT2D eigenvalue weighted by molar-refractivity contribution is -0.138. The van der Waals surface area contributed by atoms with Crippen LogP contribution in [0.2, 0.25) is 0 Å². The summed E-state index contributed by atoms with van der Waals surface area (Å²) in [6, 6.07) is 7.56. The Morgan fingerprint density at radius 3 is 2.81 bits per heavy atom. The summed E-state index contributed by atoms with van der Waals surface area (Å²) in [4.78, 5) is 12.1. The number of likely N-dealkylation sites (N-methyl/N-ethyl adjacent to an activating group) is 1. The fourth-order valence-corrected chi connectivity index (χ4v) is 1.58. The van der Waals surface area contributed by atoms with Crippen LogP contribution in [0.5, 0.6) is 5.75 Å². The van der Waals surface area contributed by atoms with Crippen LogP contribution in [-0.4, -0.2) is 42.7 Å². The second-order valence-corrected chi connectivity index (χ2v) is 4.26. The number of aliphatic carboxylic acids is 1. The molecule has 0 aliphatic heterocycles. The first kappa shape index (κ1) is 13.0. The Balaban J connectivity index is 2.30. The van der Waals surface area contributed by atoms with E-state index in [1.54, 1.807) is 11.9 Å². The Bertz CT molecular complexity index is 357. The van der Waals surface area contributed by atoms with Crippen molar-refractivity contribution < 1.29 is 14.6 Å². The zero-order chi connectivity index (χ0) is 12.0. The number of rotatable bonds is 6. The van der Waals surface area contributed by atoms with Gasteiger partial charge >= 0.3 is 5.97 Å². The number of carbonyl (C=O) groups is 1. The quantitative estimate of drug-likeness (QED) is 0.868. The molecule has 0 aromatic heterocycles. The molecule has 0 radical (unpaired) electrons. The van der Waals surface area contributed by atoms with Crippen LogP contribution in [0.4, 0.5) is 0 Å². The van der Waals surface area contributed by atoms with Gasteiger partial charge in [0.2, 0.25) is 0 Å². The summed E-state index contributed by atoms with van der Waals surface area (Å²) in [5, 5.41) is 8.55. The van der Waals surface area contributed by atoms with Crippen molar-refractivity contribution in [2.24, 2.45) is 0 Å². The van der Waals surface area contributed by atoms with Crippen LogP contribution in [-0.2, 0) is 4.79 Å². The Labute approximate surface area is 103 Å². The third-order valence-electron chi connectivity index (χ3n) is 1.97. The van der Waals surface area contributed by atoms with Crippen LogP contribution >= 0.6 is 15.9 Å². The topological polar surface area (TPSA) is 49.8 Å². The zero-order valence-electron chi connectivity index (χ0n) is 9.02. The predicted octanol–water partition coefficient (Wildman–Crippen LogP) is 1.84. The predicted molar refractivity (Wildman–Crippen MR) is 64.8 cm³/mol. The summed E-state index contributed by atoms with van der Waals surface area (Å²) in [5.74, 6) is -0.0605. The van der Waals surface area contributed by atoms with Gasteiger partial charge in [0.15, 0.2) is 0 Å². The van der Waals surface area contributed by atoms with Gasteiger partial charge in [-0.25, -0.2) is 0 Å². The first-order chi connectivity index (χ1) is 7.59. The summed E-state index contributed by atoms with van der Waals surface area (Å²) < 4.78 is 6.41. The molecule has 0 atom stereocenters. The van der Waals surface area contributed by atoms with Crippen molar-refractivity contribution in [1.29, 1.82) is 0 Å². The lowest BCUT2D eigenvalue weighted by Crippen LogP contribution is -2.29. The van der Waals surface area contributed by atoms with Gasteiger partial charge in [-0.05, 0) is 35.1 Å². The lowest BCUT2D eigenvalue weighted by Gasteiger charge is -2.14. The van der Waals surface area contributed by atoms with Gasteiger partial charge < -0.3 is 9.84 Å². The molecule has 0 spiro atoms. The van der Waals surface area contributed by atoms with Gasteiger partial charge in [0, 0.05) is 6.54 Å². The fraction of sp³-hybridized carbons (Fsp3) is 0.364. The highest BCUT2D eigenvalue weighted by Crippen LogP contribution is 2.23. The number of para-hydroxylation sites is 1. The Morgan fingerprint density at radius 2 is 2.19 bits per heavy atom. The molecule has 1 rings (SSSR count). The van der Waals surface area contributed by atoms with Crippen LogP contribution in [0.3, 0.4) is 0 Å². The van der Waals surface area contributed by atoms with Crippen molar-refractivity contribution >= 4 is 21.9 Å². The number of nitrogens with zero attached hydrogens (tertiary/aromatic N) is 1. The number of halogens is 1. The Morgan fingerprint density at radius 1 is 1.50 bits per heavy atom. The van der Waals surface area contributed by atoms with E-state index in [4.69, 9.17) is 9.84 Å². The van der Waals surface area contributed by atoms with Gasteiger partial charge in [-0.2, -0.15) is 0 Å². The summed E-state index contributed by atoms with van der Waals surface area (Å²) in [5.41, 5.74) is 0. The molecular weight excluding hydrogens is 274 g/mol. The Kier molecular flexibility index (Phi) is 5.28. The standard InChI is InChI=1S/C11H14BrNO3/c1-13(8-11(14)15)6-7-16-10-5-3-2-4-9(10)12/h2-5H,6-8H2,1H3,(H,14,15). The monoisotopic (exact) mass is 287 g/mol. The average molecular weight is 288 g/mol. The summed E-state index contributed by atoms with van der Waals surface area (Å²) in [6.45, 7) is 1.07. The zero-order valence-corrected chi connectivity index (χ0v) is 10.6. The summed E-state index contributed by atoms with van der Waals surface area (Å²) in [6.07, 6.45) is 0. The third kappa shape index (κ3) is 4.63. The van der Waals surface area contributed by atoms with Crippen LogP contribution in [0.15, 0.2) is 28.7 Å². The first-order valence-electron chi connectivity index (χ1n) is 4.87. The molecule has 0 aliphatic carbocycles. The van der Waals surface area contributed by atoms with Crippen LogP contribution in [0.1, 0.15) is 0 Å². The van der Waals surface area contributed by atoms with Gasteiger partial charge in [-0.15, -0.1) is 0 Å². The summed E-state index contributed by atoms with van der Waals surface area (Å²) in [7, 11) is 1.75. The molecule has 0 fully saturated rings. The first-order valence-corrected chi connectivity index (χ1v) is 5.66. The summed E-state index contributed by atoms with van der Waals surface area (Å²) >= 11 is 3.37. The molecule has 0 aliphatic rings. The average Bonchev–Trinajstić information content (AvgIpc) is 2.19. The number of carboxylic acid groups (broad SMARTS) is 1. The van der Waals surface area contributed by atoms with E-state index in [0.717, 1.165) is 10.2 Å². The van der Waals surface area contributed by atoms with Crippen LogP contribution < -0.4 is 4.74 Å². The molecule has 0 bridgehead atoms. The van der Waals surface area contributed by atoms with Crippen molar-refractivity contribution in [3.8, 4) is 5.75 Å². The molecule has 4 nitrogen and oxygen atoms in total. The number of carboxylic acids is 1. The minimum Gasteiger partial charge on any atom is -0.491 e. The third-order valence-corrected chi connectivity index (χ3v) is 2.63. The van der Waals surface area contributed by atoms with E-state index in [1.165, 1.54) is 0 Å². The molecule has 0 heterocycles. The maximum atomic E-state index is 10.4. The van der Waals surface area contributed by atoms with E-state index in [2.05, 4.69) is 15.9 Å². The second-order valence-electron chi connectivity index (χ2n) is 3.41. The van der Waals surface area contributed by atoms with Crippen molar-refractivity contribution in [2.75, 3.05) is 26.7 Å². The normalized spacial score (nSPS) is 10.4. The highest BCUT2D eigenvalue weighted by atomic mass is 79.9. The Hall–Kier alpha value is -1.07. The molecule has 1 aromatic carbocycles. The number of ether oxygens (including phenoxy) is 1. The molecule has 0 saturated heterocycles. The van der Waals surface area contributed by atoms with Crippen LogP contribution in [0, 0.1) is 0 Å². The van der Waals surface area contributed by atoms with Crippen molar-refractivity contribution in [2.45, 2.75) is 0 Å². The minimum atomic E-state index is -0.830. The molecule has 0 unspecified atom stereocenters. The smallest absolute Gasteiger partial charge is 0.317 e. The molecule has 0 saturated carbocycles.